The van der Waals surface area contributed by atoms with Gasteiger partial charge in [0, 0.05) is 6.04 Å². The van der Waals surface area contributed by atoms with E-state index in [1.54, 1.807) is 0 Å². The molecule has 1 nitrogen and oxygen atoms in total. The molecular formula is C8H17N. The van der Waals surface area contributed by atoms with Crippen molar-refractivity contribution in [1.82, 2.24) is 4.90 Å². The number of nitrogens with zero attached hydrogens (tertiary/aromatic N) is 1. The van der Waals surface area contributed by atoms with E-state index in [2.05, 4.69) is 25.7 Å². The maximum absolute atomic E-state index is 2.55. The molecule has 1 aliphatic rings. The van der Waals surface area contributed by atoms with Crippen molar-refractivity contribution in [2.24, 2.45) is 5.92 Å². The van der Waals surface area contributed by atoms with Crippen LogP contribution in [0.15, 0.2) is 0 Å². The average Bonchev–Trinajstić information content (AvgIpc) is 2.51. The maximum atomic E-state index is 2.55. The Bertz CT molecular complexity index is 86.6. The summed E-state index contributed by atoms with van der Waals surface area (Å²) in [5, 5.41) is 0. The van der Waals surface area contributed by atoms with Gasteiger partial charge in [-0.15, -0.1) is 0 Å². The number of hydrogen-bond donors (Lipinski definition) is 0. The summed E-state index contributed by atoms with van der Waals surface area (Å²) in [5.41, 5.74) is 0. The largest absolute Gasteiger partial charge is 0.301 e. The summed E-state index contributed by atoms with van der Waals surface area (Å²) < 4.78 is 0. The first kappa shape index (κ1) is 7.07. The highest BCUT2D eigenvalue weighted by molar-refractivity contribution is 4.90. The molecule has 9 heavy (non-hydrogen) atoms. The zero-order valence-corrected chi connectivity index (χ0v) is 6.72. The zero-order chi connectivity index (χ0) is 6.85. The van der Waals surface area contributed by atoms with Crippen LogP contribution in [0.25, 0.3) is 0 Å². The molecule has 0 saturated heterocycles. The summed E-state index contributed by atoms with van der Waals surface area (Å²) in [6.07, 6.45) is 1.43. The standard InChI is InChI=1S/C8H17N/c1-4-9(5-2)8-6-7(8)3/h7-8H,4-6H2,1-3H3. The van der Waals surface area contributed by atoms with Gasteiger partial charge < -0.3 is 4.90 Å². The SMILES string of the molecule is CCN(CC)C1CC1C. The van der Waals surface area contributed by atoms with Crippen molar-refractivity contribution in [2.45, 2.75) is 33.2 Å². The molecule has 1 fully saturated rings. The van der Waals surface area contributed by atoms with Gasteiger partial charge in [-0.05, 0) is 25.4 Å². The molecule has 0 aromatic carbocycles. The van der Waals surface area contributed by atoms with Gasteiger partial charge >= 0.3 is 0 Å². The fraction of sp³-hybridized carbons (Fsp3) is 1.00. The topological polar surface area (TPSA) is 3.24 Å². The molecule has 0 aromatic rings. The Balaban J connectivity index is 2.23. The lowest BCUT2D eigenvalue weighted by atomic mass is 10.4. The molecule has 0 N–H and O–H groups in total. The lowest BCUT2D eigenvalue weighted by molar-refractivity contribution is 0.282. The Morgan fingerprint density at radius 2 is 1.78 bits per heavy atom. The van der Waals surface area contributed by atoms with Crippen molar-refractivity contribution in [2.75, 3.05) is 13.1 Å². The van der Waals surface area contributed by atoms with E-state index in [4.69, 9.17) is 0 Å². The van der Waals surface area contributed by atoms with Gasteiger partial charge in [0.1, 0.15) is 0 Å². The molecule has 54 valence electrons. The minimum atomic E-state index is 0.931. The van der Waals surface area contributed by atoms with Crippen LogP contribution in [0.5, 0.6) is 0 Å². The molecule has 2 atom stereocenters. The summed E-state index contributed by atoms with van der Waals surface area (Å²) in [5.74, 6) is 0.977. The van der Waals surface area contributed by atoms with Crippen LogP contribution in [0, 0.1) is 5.92 Å². The molecule has 1 aliphatic carbocycles. The third kappa shape index (κ3) is 1.45. The van der Waals surface area contributed by atoms with E-state index < -0.39 is 0 Å². The van der Waals surface area contributed by atoms with E-state index in [1.807, 2.05) is 0 Å². The van der Waals surface area contributed by atoms with Crippen LogP contribution >= 0.6 is 0 Å². The van der Waals surface area contributed by atoms with Crippen LogP contribution < -0.4 is 0 Å². The van der Waals surface area contributed by atoms with Crippen molar-refractivity contribution in [3.8, 4) is 0 Å². The van der Waals surface area contributed by atoms with E-state index in [0.717, 1.165) is 12.0 Å². The molecule has 0 amide bonds. The van der Waals surface area contributed by atoms with Gasteiger partial charge in [-0.3, -0.25) is 0 Å². The van der Waals surface area contributed by atoms with E-state index in [-0.39, 0.29) is 0 Å². The molecule has 0 aliphatic heterocycles. The smallest absolute Gasteiger partial charge is 0.0124 e. The van der Waals surface area contributed by atoms with Gasteiger partial charge in [-0.1, -0.05) is 20.8 Å². The first-order chi connectivity index (χ1) is 4.29. The van der Waals surface area contributed by atoms with E-state index in [0.29, 0.717) is 0 Å². The Morgan fingerprint density at radius 1 is 1.33 bits per heavy atom. The summed E-state index contributed by atoms with van der Waals surface area (Å²) >= 11 is 0. The predicted octanol–water partition coefficient (Wildman–Crippen LogP) is 1.74. The molecule has 2 unspecified atom stereocenters. The van der Waals surface area contributed by atoms with Gasteiger partial charge in [-0.25, -0.2) is 0 Å². The molecule has 1 saturated carbocycles. The zero-order valence-electron chi connectivity index (χ0n) is 6.72. The molecule has 0 radical (unpaired) electrons. The highest BCUT2D eigenvalue weighted by Crippen LogP contribution is 2.34. The van der Waals surface area contributed by atoms with Gasteiger partial charge in [0.15, 0.2) is 0 Å². The Labute approximate surface area is 58.0 Å². The van der Waals surface area contributed by atoms with Gasteiger partial charge in [-0.2, -0.15) is 0 Å². The van der Waals surface area contributed by atoms with Crippen molar-refractivity contribution in [1.29, 1.82) is 0 Å². The molecular weight excluding hydrogens is 110 g/mol. The highest BCUT2D eigenvalue weighted by atomic mass is 15.2. The molecule has 0 spiro atoms. The minimum Gasteiger partial charge on any atom is -0.301 e. The predicted molar refractivity (Wildman–Crippen MR) is 40.5 cm³/mol. The second-order valence-electron chi connectivity index (χ2n) is 3.00. The molecule has 1 rings (SSSR count). The Morgan fingerprint density at radius 3 is 1.89 bits per heavy atom. The maximum Gasteiger partial charge on any atom is 0.0124 e. The Hall–Kier alpha value is -0.0400. The van der Waals surface area contributed by atoms with Crippen molar-refractivity contribution >= 4 is 0 Å². The van der Waals surface area contributed by atoms with E-state index >= 15 is 0 Å². The second-order valence-corrected chi connectivity index (χ2v) is 3.00. The first-order valence-electron chi connectivity index (χ1n) is 4.03. The molecule has 0 bridgehead atoms. The quantitative estimate of drug-likeness (QED) is 0.558. The van der Waals surface area contributed by atoms with Crippen LogP contribution in [0.2, 0.25) is 0 Å². The van der Waals surface area contributed by atoms with Crippen LogP contribution in [0.1, 0.15) is 27.2 Å². The van der Waals surface area contributed by atoms with Crippen LogP contribution in [-0.2, 0) is 0 Å². The molecule has 1 heteroatoms. The Kier molecular flexibility index (Phi) is 2.12. The second kappa shape index (κ2) is 2.70. The van der Waals surface area contributed by atoms with Gasteiger partial charge in [0.2, 0.25) is 0 Å². The number of rotatable bonds is 3. The van der Waals surface area contributed by atoms with E-state index in [9.17, 15) is 0 Å². The van der Waals surface area contributed by atoms with Gasteiger partial charge in [0.05, 0.1) is 0 Å². The van der Waals surface area contributed by atoms with Crippen LogP contribution in [-0.4, -0.2) is 24.0 Å². The van der Waals surface area contributed by atoms with Gasteiger partial charge in [0.25, 0.3) is 0 Å². The van der Waals surface area contributed by atoms with Crippen molar-refractivity contribution in [3.63, 3.8) is 0 Å². The van der Waals surface area contributed by atoms with Crippen LogP contribution in [0.4, 0.5) is 0 Å². The third-order valence-corrected chi connectivity index (χ3v) is 2.35. The lowest BCUT2D eigenvalue weighted by Gasteiger charge is -2.16. The lowest BCUT2D eigenvalue weighted by Crippen LogP contribution is -2.26. The van der Waals surface area contributed by atoms with Crippen LogP contribution in [0.3, 0.4) is 0 Å². The summed E-state index contributed by atoms with van der Waals surface area (Å²) in [6.45, 7) is 9.28. The normalized spacial score (nSPS) is 33.3. The summed E-state index contributed by atoms with van der Waals surface area (Å²) in [4.78, 5) is 2.55. The fourth-order valence-corrected chi connectivity index (χ4v) is 1.50. The van der Waals surface area contributed by atoms with Crippen molar-refractivity contribution < 1.29 is 0 Å². The first-order valence-corrected chi connectivity index (χ1v) is 4.03. The summed E-state index contributed by atoms with van der Waals surface area (Å²) in [6, 6.07) is 0.931. The average molecular weight is 127 g/mol. The fourth-order valence-electron chi connectivity index (χ4n) is 1.50. The number of hydrogen-bond acceptors (Lipinski definition) is 1. The van der Waals surface area contributed by atoms with Crippen molar-refractivity contribution in [3.05, 3.63) is 0 Å². The highest BCUT2D eigenvalue weighted by Gasteiger charge is 2.36. The molecule has 0 heterocycles. The monoisotopic (exact) mass is 127 g/mol. The minimum absolute atomic E-state index is 0.931. The summed E-state index contributed by atoms with van der Waals surface area (Å²) in [7, 11) is 0. The third-order valence-electron chi connectivity index (χ3n) is 2.35. The molecule has 0 aromatic heterocycles. The van der Waals surface area contributed by atoms with E-state index in [1.165, 1.54) is 19.5 Å².